The molecule has 1 fully saturated rings. The number of sulfonamides is 1. The highest BCUT2D eigenvalue weighted by molar-refractivity contribution is 7.89. The van der Waals surface area contributed by atoms with Crippen molar-refractivity contribution in [2.24, 2.45) is 5.92 Å². The molecule has 0 radical (unpaired) electrons. The average Bonchev–Trinajstić information content (AvgIpc) is 2.69. The van der Waals surface area contributed by atoms with Crippen LogP contribution in [0.25, 0.3) is 0 Å². The van der Waals surface area contributed by atoms with E-state index in [4.69, 9.17) is 4.74 Å². The molecule has 0 spiro atoms. The first-order chi connectivity index (χ1) is 12.9. The number of nitrogens with one attached hydrogen (secondary N) is 1. The Balaban J connectivity index is 1.61. The zero-order valence-corrected chi connectivity index (χ0v) is 16.8. The molecule has 0 unspecified atom stereocenters. The number of anilines is 1. The van der Waals surface area contributed by atoms with Crippen molar-refractivity contribution in [1.29, 1.82) is 0 Å². The monoisotopic (exact) mass is 390 g/mol. The van der Waals surface area contributed by atoms with Crippen molar-refractivity contribution < 1.29 is 13.2 Å². The van der Waals surface area contributed by atoms with Crippen LogP contribution in [0.4, 0.5) is 5.95 Å². The van der Waals surface area contributed by atoms with Crippen LogP contribution in [0.2, 0.25) is 0 Å². The van der Waals surface area contributed by atoms with E-state index in [1.807, 2.05) is 13.8 Å². The van der Waals surface area contributed by atoms with Crippen LogP contribution in [0, 0.1) is 19.8 Å². The predicted molar refractivity (Wildman–Crippen MR) is 105 cm³/mol. The second-order valence-electron chi connectivity index (χ2n) is 6.92. The molecular formula is C19H26N4O3S. The zero-order chi connectivity index (χ0) is 19.4. The number of piperidine rings is 1. The van der Waals surface area contributed by atoms with Gasteiger partial charge in [-0.05, 0) is 61.9 Å². The largest absolute Gasteiger partial charge is 0.495 e. The molecule has 1 N–H and O–H groups in total. The smallest absolute Gasteiger partial charge is 0.244 e. The van der Waals surface area contributed by atoms with Crippen molar-refractivity contribution in [3.8, 4) is 5.75 Å². The summed E-state index contributed by atoms with van der Waals surface area (Å²) in [7, 11) is -2.13. The maximum atomic E-state index is 12.8. The van der Waals surface area contributed by atoms with Gasteiger partial charge in [-0.15, -0.1) is 0 Å². The highest BCUT2D eigenvalue weighted by Gasteiger charge is 2.25. The molecule has 146 valence electrons. The lowest BCUT2D eigenvalue weighted by molar-refractivity contribution is 0.394. The molecule has 0 atom stereocenters. The Bertz CT molecular complexity index is 879. The number of rotatable bonds is 6. The molecule has 2 heterocycles. The number of methoxy groups -OCH3 is 1. The lowest BCUT2D eigenvalue weighted by Gasteiger charge is -2.31. The van der Waals surface area contributed by atoms with Gasteiger partial charge in [0.15, 0.2) is 0 Å². The molecule has 0 amide bonds. The minimum atomic E-state index is -3.62. The Morgan fingerprint density at radius 2 is 1.78 bits per heavy atom. The molecule has 0 bridgehead atoms. The maximum Gasteiger partial charge on any atom is 0.244 e. The number of hydrogen-bond donors (Lipinski definition) is 1. The molecule has 2 aromatic rings. The third kappa shape index (κ3) is 4.56. The van der Waals surface area contributed by atoms with Gasteiger partial charge in [0.1, 0.15) is 10.6 Å². The summed E-state index contributed by atoms with van der Waals surface area (Å²) in [6.07, 6.45) is 5.26. The van der Waals surface area contributed by atoms with Crippen molar-refractivity contribution in [2.45, 2.75) is 31.6 Å². The summed E-state index contributed by atoms with van der Waals surface area (Å²) in [5.41, 5.74) is 1.92. The fraction of sp³-hybridized carbons (Fsp3) is 0.474. The topological polar surface area (TPSA) is 84.4 Å². The number of ether oxygens (including phenoxy) is 1. The number of nitrogens with zero attached hydrogens (tertiary/aromatic N) is 3. The highest BCUT2D eigenvalue weighted by atomic mass is 32.2. The summed E-state index contributed by atoms with van der Waals surface area (Å²) in [4.78, 5) is 10.9. The Morgan fingerprint density at radius 1 is 1.15 bits per heavy atom. The van der Waals surface area contributed by atoms with E-state index < -0.39 is 10.0 Å². The molecule has 3 rings (SSSR count). The molecular weight excluding hydrogens is 364 g/mol. The minimum Gasteiger partial charge on any atom is -0.495 e. The molecule has 7 nitrogen and oxygen atoms in total. The SMILES string of the molecule is COc1cc(C)c(C)cc1S(=O)(=O)NCC1CCN(c2ncccn2)CC1. The van der Waals surface area contributed by atoms with Crippen LogP contribution in [-0.2, 0) is 10.0 Å². The van der Waals surface area contributed by atoms with E-state index in [2.05, 4.69) is 19.6 Å². The summed E-state index contributed by atoms with van der Waals surface area (Å²) in [6, 6.07) is 5.24. The molecule has 1 aliphatic rings. The first-order valence-electron chi connectivity index (χ1n) is 9.07. The van der Waals surface area contributed by atoms with E-state index in [1.165, 1.54) is 7.11 Å². The van der Waals surface area contributed by atoms with Gasteiger partial charge < -0.3 is 9.64 Å². The van der Waals surface area contributed by atoms with E-state index in [1.54, 1.807) is 30.6 Å². The van der Waals surface area contributed by atoms with Crippen LogP contribution in [-0.4, -0.2) is 45.1 Å². The van der Waals surface area contributed by atoms with Crippen molar-refractivity contribution in [3.05, 3.63) is 41.7 Å². The van der Waals surface area contributed by atoms with Crippen LogP contribution < -0.4 is 14.4 Å². The maximum absolute atomic E-state index is 12.8. The van der Waals surface area contributed by atoms with Gasteiger partial charge in [-0.2, -0.15) is 0 Å². The van der Waals surface area contributed by atoms with Crippen LogP contribution in [0.3, 0.4) is 0 Å². The molecule has 1 saturated heterocycles. The molecule has 0 aliphatic carbocycles. The predicted octanol–water partition coefficient (Wildman–Crippen LogP) is 2.30. The quantitative estimate of drug-likeness (QED) is 0.815. The van der Waals surface area contributed by atoms with Crippen molar-refractivity contribution in [3.63, 3.8) is 0 Å². The second-order valence-corrected chi connectivity index (χ2v) is 8.65. The first kappa shape index (κ1) is 19.6. The Hall–Kier alpha value is -2.19. The van der Waals surface area contributed by atoms with Crippen molar-refractivity contribution >= 4 is 16.0 Å². The molecule has 1 aliphatic heterocycles. The number of hydrogen-bond acceptors (Lipinski definition) is 6. The van der Waals surface area contributed by atoms with E-state index in [-0.39, 0.29) is 10.8 Å². The lowest BCUT2D eigenvalue weighted by atomic mass is 9.97. The number of benzene rings is 1. The van der Waals surface area contributed by atoms with Gasteiger partial charge in [0.05, 0.1) is 7.11 Å². The van der Waals surface area contributed by atoms with E-state index in [0.717, 1.165) is 43.0 Å². The molecule has 8 heteroatoms. The first-order valence-corrected chi connectivity index (χ1v) is 10.6. The van der Waals surface area contributed by atoms with Gasteiger partial charge in [-0.25, -0.2) is 23.1 Å². The van der Waals surface area contributed by atoms with Crippen LogP contribution in [0.15, 0.2) is 35.5 Å². The average molecular weight is 391 g/mol. The fourth-order valence-corrected chi connectivity index (χ4v) is 4.58. The molecule has 0 saturated carbocycles. The van der Waals surface area contributed by atoms with E-state index >= 15 is 0 Å². The standard InChI is InChI=1S/C19H26N4O3S/c1-14-11-17(26-3)18(12-15(14)2)27(24,25)22-13-16-5-9-23(10-6-16)19-20-7-4-8-21-19/h4,7-8,11-12,16,22H,5-6,9-10,13H2,1-3H3. The van der Waals surface area contributed by atoms with Gasteiger partial charge in [0.2, 0.25) is 16.0 Å². The summed E-state index contributed by atoms with van der Waals surface area (Å²) in [6.45, 7) is 5.90. The summed E-state index contributed by atoms with van der Waals surface area (Å²) in [5, 5.41) is 0. The van der Waals surface area contributed by atoms with Crippen LogP contribution in [0.5, 0.6) is 5.75 Å². The van der Waals surface area contributed by atoms with E-state index in [9.17, 15) is 8.42 Å². The Labute approximate surface area is 160 Å². The lowest BCUT2D eigenvalue weighted by Crippen LogP contribution is -2.39. The fourth-order valence-electron chi connectivity index (χ4n) is 3.23. The minimum absolute atomic E-state index is 0.197. The van der Waals surface area contributed by atoms with Gasteiger partial charge in [0.25, 0.3) is 0 Å². The molecule has 27 heavy (non-hydrogen) atoms. The van der Waals surface area contributed by atoms with Crippen molar-refractivity contribution in [1.82, 2.24) is 14.7 Å². The highest BCUT2D eigenvalue weighted by Crippen LogP contribution is 2.28. The van der Waals surface area contributed by atoms with Crippen molar-refractivity contribution in [2.75, 3.05) is 31.6 Å². The second kappa shape index (κ2) is 8.22. The summed E-state index contributed by atoms with van der Waals surface area (Å²) >= 11 is 0. The van der Waals surface area contributed by atoms with Gasteiger partial charge >= 0.3 is 0 Å². The van der Waals surface area contributed by atoms with Gasteiger partial charge in [0, 0.05) is 32.0 Å². The van der Waals surface area contributed by atoms with E-state index in [0.29, 0.717) is 12.3 Å². The third-order valence-corrected chi connectivity index (χ3v) is 6.53. The Morgan fingerprint density at radius 3 is 2.41 bits per heavy atom. The zero-order valence-electron chi connectivity index (χ0n) is 16.0. The third-order valence-electron chi connectivity index (χ3n) is 5.08. The number of aromatic nitrogens is 2. The Kier molecular flexibility index (Phi) is 5.96. The summed E-state index contributed by atoms with van der Waals surface area (Å²) in [5.74, 6) is 1.40. The van der Waals surface area contributed by atoms with Crippen LogP contribution >= 0.6 is 0 Å². The summed E-state index contributed by atoms with van der Waals surface area (Å²) < 4.78 is 33.6. The molecule has 1 aromatic heterocycles. The van der Waals surface area contributed by atoms with Gasteiger partial charge in [-0.1, -0.05) is 0 Å². The van der Waals surface area contributed by atoms with Gasteiger partial charge in [-0.3, -0.25) is 0 Å². The van der Waals surface area contributed by atoms with Crippen LogP contribution in [0.1, 0.15) is 24.0 Å². The molecule has 1 aromatic carbocycles. The number of aryl methyl sites for hydroxylation is 2. The normalized spacial score (nSPS) is 15.7.